The second kappa shape index (κ2) is 29.8. The molecule has 9 nitrogen and oxygen atoms in total. The van der Waals surface area contributed by atoms with E-state index >= 15 is 0 Å². The van der Waals surface area contributed by atoms with Gasteiger partial charge in [0.25, 0.3) is 0 Å². The van der Waals surface area contributed by atoms with Gasteiger partial charge in [-0.1, -0.05) is 110 Å². The number of hydrogen-bond acceptors (Lipinski definition) is 6. The molecule has 0 aromatic rings. The third-order valence-electron chi connectivity index (χ3n) is 6.01. The molecule has 0 aromatic heterocycles. The van der Waals surface area contributed by atoms with Gasteiger partial charge >= 0.3 is 17.9 Å². The van der Waals surface area contributed by atoms with Gasteiger partial charge in [0.1, 0.15) is 0 Å². The summed E-state index contributed by atoms with van der Waals surface area (Å²) in [5.41, 5.74) is 2.74. The van der Waals surface area contributed by atoms with E-state index in [1.54, 1.807) is 0 Å². The largest absolute Gasteiger partial charge is 0.481 e. The summed E-state index contributed by atoms with van der Waals surface area (Å²) >= 11 is 0. The molecular weight excluding hydrogens is 488 g/mol. The lowest BCUT2D eigenvalue weighted by Crippen LogP contribution is -2.42. The number of carbonyl (C=O) groups is 3. The molecule has 0 aromatic carbocycles. The molecule has 0 aliphatic heterocycles. The summed E-state index contributed by atoms with van der Waals surface area (Å²) in [5, 5.41) is 33.8. The molecule has 0 radical (unpaired) electrons. The number of carboxylic acid groups (broad SMARTS) is 3. The van der Waals surface area contributed by atoms with Gasteiger partial charge in [-0.15, -0.1) is 0 Å². The number of rotatable bonds is 23. The topological polar surface area (TPSA) is 161 Å². The van der Waals surface area contributed by atoms with Crippen LogP contribution < -0.4 is 5.73 Å². The van der Waals surface area contributed by atoms with Crippen LogP contribution in [0.4, 0.5) is 0 Å². The number of nitrogens with zero attached hydrogens (tertiary/aromatic N) is 1. The highest BCUT2D eigenvalue weighted by Gasteiger charge is 2.40. The molecule has 0 aliphatic carbocycles. The van der Waals surface area contributed by atoms with E-state index in [2.05, 4.69) is 32.8 Å². The Morgan fingerprint density at radius 3 is 1.11 bits per heavy atom. The first-order chi connectivity index (χ1) is 18.0. The molecule has 9 heteroatoms. The zero-order valence-electron chi connectivity index (χ0n) is 24.9. The number of hydrogen-bond donors (Lipinski definition) is 5. The van der Waals surface area contributed by atoms with Crippen LogP contribution in [0.25, 0.3) is 0 Å². The summed E-state index contributed by atoms with van der Waals surface area (Å²) in [6, 6.07) is 0. The number of aliphatic hydroxyl groups is 1. The van der Waals surface area contributed by atoms with Gasteiger partial charge in [0.2, 0.25) is 0 Å². The third kappa shape index (κ3) is 34.3. The summed E-state index contributed by atoms with van der Waals surface area (Å²) in [7, 11) is 4.17. The quantitative estimate of drug-likeness (QED) is 0.0976. The van der Waals surface area contributed by atoms with Crippen molar-refractivity contribution in [1.29, 1.82) is 0 Å². The first-order valence-electron chi connectivity index (χ1n) is 14.7. The Morgan fingerprint density at radius 1 is 0.605 bits per heavy atom. The Kier molecular flexibility index (Phi) is 32.0. The standard InChI is InChI=1S/C18H39N.C6H8O7.C5H13N/c1-2-3-4-5-6-7-8-9-10-11-12-13-14-15-16-17-18-19;7-3(8)1-6(13,5(11)12)2-4(9)10;1-4-5-6(2)3/h2-19H2,1H3;13H,1-2H2,(H,7,8)(H,9,10)(H,11,12);4-5H2,1-3H3. The molecule has 38 heavy (non-hydrogen) atoms. The average molecular weight is 549 g/mol. The minimum atomic E-state index is -2.74. The van der Waals surface area contributed by atoms with Gasteiger partial charge in [-0.2, -0.15) is 0 Å². The maximum Gasteiger partial charge on any atom is 0.336 e. The molecule has 228 valence electrons. The fourth-order valence-corrected chi connectivity index (χ4v) is 3.85. The predicted molar refractivity (Wildman–Crippen MR) is 155 cm³/mol. The number of carboxylic acids is 3. The van der Waals surface area contributed by atoms with Crippen molar-refractivity contribution in [1.82, 2.24) is 4.90 Å². The average Bonchev–Trinajstić information content (AvgIpc) is 2.81. The molecule has 6 N–H and O–H groups in total. The zero-order valence-corrected chi connectivity index (χ0v) is 24.9. The number of nitrogens with two attached hydrogens (primary N) is 1. The van der Waals surface area contributed by atoms with Gasteiger partial charge in [0, 0.05) is 0 Å². The maximum atomic E-state index is 10.3. The van der Waals surface area contributed by atoms with Crippen LogP contribution >= 0.6 is 0 Å². The molecule has 0 atom stereocenters. The molecular formula is C29H60N2O7. The van der Waals surface area contributed by atoms with Crippen molar-refractivity contribution in [2.24, 2.45) is 5.73 Å². The zero-order chi connectivity index (χ0) is 29.7. The van der Waals surface area contributed by atoms with Gasteiger partial charge in [0.05, 0.1) is 12.8 Å². The fraction of sp³-hybridized carbons (Fsp3) is 0.897. The molecule has 0 rings (SSSR count). The molecule has 0 amide bonds. The maximum absolute atomic E-state index is 10.3. The van der Waals surface area contributed by atoms with Crippen molar-refractivity contribution in [3.63, 3.8) is 0 Å². The lowest BCUT2D eigenvalue weighted by Gasteiger charge is -2.18. The van der Waals surface area contributed by atoms with Gasteiger partial charge < -0.3 is 31.1 Å². The van der Waals surface area contributed by atoms with Crippen molar-refractivity contribution in [3.05, 3.63) is 0 Å². The van der Waals surface area contributed by atoms with Gasteiger partial charge in [-0.25, -0.2) is 4.79 Å². The smallest absolute Gasteiger partial charge is 0.336 e. The van der Waals surface area contributed by atoms with E-state index in [1.807, 2.05) is 0 Å². The Labute approximate surface area is 232 Å². The molecule has 0 bridgehead atoms. The highest BCUT2D eigenvalue weighted by atomic mass is 16.4. The van der Waals surface area contributed by atoms with E-state index in [1.165, 1.54) is 116 Å². The lowest BCUT2D eigenvalue weighted by atomic mass is 9.96. The van der Waals surface area contributed by atoms with Crippen LogP contribution in [0.2, 0.25) is 0 Å². The second-order valence-corrected chi connectivity index (χ2v) is 10.4. The summed E-state index contributed by atoms with van der Waals surface area (Å²) in [6.45, 7) is 6.55. The van der Waals surface area contributed by atoms with Crippen molar-refractivity contribution in [2.45, 2.75) is 141 Å². The second-order valence-electron chi connectivity index (χ2n) is 10.4. The molecule has 0 heterocycles. The Hall–Kier alpha value is -1.71. The Balaban J connectivity index is -0.000000554. The monoisotopic (exact) mass is 548 g/mol. The van der Waals surface area contributed by atoms with Crippen molar-refractivity contribution < 1.29 is 34.8 Å². The van der Waals surface area contributed by atoms with Gasteiger partial charge in [-0.05, 0) is 40.0 Å². The van der Waals surface area contributed by atoms with E-state index in [9.17, 15) is 14.4 Å². The Morgan fingerprint density at radius 2 is 0.921 bits per heavy atom. The molecule has 0 spiro atoms. The minimum Gasteiger partial charge on any atom is -0.481 e. The summed E-state index contributed by atoms with van der Waals surface area (Å²) in [4.78, 5) is 32.7. The summed E-state index contributed by atoms with van der Waals surface area (Å²) in [5.74, 6) is -5.02. The van der Waals surface area contributed by atoms with Crippen LogP contribution in [0.3, 0.4) is 0 Å². The highest BCUT2D eigenvalue weighted by molar-refractivity contribution is 5.88. The number of unbranched alkanes of at least 4 members (excludes halogenated alkanes) is 15. The molecule has 0 saturated heterocycles. The molecule has 0 fully saturated rings. The van der Waals surface area contributed by atoms with Crippen molar-refractivity contribution >= 4 is 17.9 Å². The van der Waals surface area contributed by atoms with Gasteiger partial charge in [-0.3, -0.25) is 9.59 Å². The van der Waals surface area contributed by atoms with Gasteiger partial charge in [0.15, 0.2) is 5.60 Å². The summed E-state index contributed by atoms with van der Waals surface area (Å²) in [6.07, 6.45) is 21.8. The highest BCUT2D eigenvalue weighted by Crippen LogP contribution is 2.16. The van der Waals surface area contributed by atoms with Crippen LogP contribution in [0.5, 0.6) is 0 Å². The normalized spacial score (nSPS) is 10.8. The van der Waals surface area contributed by atoms with Crippen LogP contribution in [0.1, 0.15) is 136 Å². The van der Waals surface area contributed by atoms with E-state index in [-0.39, 0.29) is 0 Å². The van der Waals surface area contributed by atoms with Crippen LogP contribution in [0, 0.1) is 0 Å². The van der Waals surface area contributed by atoms with E-state index in [4.69, 9.17) is 26.2 Å². The van der Waals surface area contributed by atoms with E-state index < -0.39 is 36.4 Å². The fourth-order valence-electron chi connectivity index (χ4n) is 3.85. The first kappa shape index (κ1) is 40.8. The van der Waals surface area contributed by atoms with Crippen molar-refractivity contribution in [3.8, 4) is 0 Å². The van der Waals surface area contributed by atoms with E-state index in [0.717, 1.165) is 6.54 Å². The Bertz CT molecular complexity index is 525. The molecule has 0 saturated carbocycles. The lowest BCUT2D eigenvalue weighted by molar-refractivity contribution is -0.170. The third-order valence-corrected chi connectivity index (χ3v) is 6.01. The van der Waals surface area contributed by atoms with E-state index in [0.29, 0.717) is 0 Å². The summed E-state index contributed by atoms with van der Waals surface area (Å²) < 4.78 is 0. The SMILES string of the molecule is CCCCCCCCCCCCCCCCCCN.CCCN(C)C.O=C(O)CC(O)(CC(=O)O)C(=O)O. The van der Waals surface area contributed by atoms with Crippen LogP contribution in [0.15, 0.2) is 0 Å². The molecule has 0 aliphatic rings. The van der Waals surface area contributed by atoms with Crippen LogP contribution in [-0.4, -0.2) is 76.0 Å². The predicted octanol–water partition coefficient (Wildman–Crippen LogP) is 5.92. The van der Waals surface area contributed by atoms with Crippen LogP contribution in [-0.2, 0) is 14.4 Å². The minimum absolute atomic E-state index is 0.873. The van der Waals surface area contributed by atoms with Crippen molar-refractivity contribution in [2.75, 3.05) is 27.2 Å². The number of aliphatic carboxylic acids is 3. The first-order valence-corrected chi connectivity index (χ1v) is 14.7. The molecule has 0 unspecified atom stereocenters.